The molecule has 0 aliphatic carbocycles. The van der Waals surface area contributed by atoms with Crippen LogP contribution in [-0.4, -0.2) is 58.3 Å². The van der Waals surface area contributed by atoms with Gasteiger partial charge in [-0.05, 0) is 34.3 Å². The topological polar surface area (TPSA) is 77.3 Å². The molecule has 27 heavy (non-hydrogen) atoms. The number of thioether (sulfide) groups is 1. The van der Waals surface area contributed by atoms with Crippen molar-refractivity contribution in [2.75, 3.05) is 27.0 Å². The Labute approximate surface area is 168 Å². The molecule has 0 N–H and O–H groups in total. The lowest BCUT2D eigenvalue weighted by molar-refractivity contribution is -0.141. The number of carbonyl (C=O) groups is 2. The van der Waals surface area contributed by atoms with E-state index in [-0.39, 0.29) is 12.5 Å². The van der Waals surface area contributed by atoms with Gasteiger partial charge in [-0.25, -0.2) is 9.97 Å². The number of amides is 1. The molecule has 7 nitrogen and oxygen atoms in total. The Morgan fingerprint density at radius 2 is 2.00 bits per heavy atom. The maximum Gasteiger partial charge on any atom is 0.325 e. The minimum Gasteiger partial charge on any atom is -0.468 e. The van der Waals surface area contributed by atoms with Gasteiger partial charge in [0.05, 0.1) is 17.1 Å². The zero-order valence-electron chi connectivity index (χ0n) is 15.0. The van der Waals surface area contributed by atoms with Gasteiger partial charge in [0.1, 0.15) is 6.54 Å². The van der Waals surface area contributed by atoms with E-state index in [2.05, 4.69) is 30.6 Å². The van der Waals surface area contributed by atoms with Crippen molar-refractivity contribution in [1.82, 2.24) is 19.4 Å². The van der Waals surface area contributed by atoms with Gasteiger partial charge < -0.3 is 9.64 Å². The van der Waals surface area contributed by atoms with Gasteiger partial charge in [0.15, 0.2) is 0 Å². The molecule has 0 aliphatic rings. The zero-order chi connectivity index (χ0) is 19.6. The molecule has 0 spiro atoms. The van der Waals surface area contributed by atoms with Gasteiger partial charge in [0.25, 0.3) is 5.91 Å². The van der Waals surface area contributed by atoms with Crippen molar-refractivity contribution in [3.63, 3.8) is 0 Å². The molecule has 0 fully saturated rings. The third-order valence-corrected chi connectivity index (χ3v) is 5.17. The monoisotopic (exact) mass is 448 g/mol. The lowest BCUT2D eigenvalue weighted by Crippen LogP contribution is -2.32. The molecule has 0 bridgehead atoms. The second kappa shape index (κ2) is 8.10. The van der Waals surface area contributed by atoms with Gasteiger partial charge in [-0.1, -0.05) is 6.07 Å². The largest absolute Gasteiger partial charge is 0.468 e. The number of nitrogens with zero attached hydrogens (tertiary/aromatic N) is 4. The fourth-order valence-electron chi connectivity index (χ4n) is 2.64. The zero-order valence-corrected chi connectivity index (χ0v) is 17.4. The van der Waals surface area contributed by atoms with Crippen molar-refractivity contribution in [2.45, 2.75) is 4.90 Å². The summed E-state index contributed by atoms with van der Waals surface area (Å²) < 4.78 is 7.26. The minimum atomic E-state index is -0.469. The SMILES string of the molecule is COC(=O)CN(C)C(=O)c1ccc2c(SC)cn(-c3ncc(Br)cn3)c2c1. The molecule has 0 saturated carbocycles. The third kappa shape index (κ3) is 3.98. The van der Waals surface area contributed by atoms with E-state index in [1.54, 1.807) is 43.3 Å². The van der Waals surface area contributed by atoms with Crippen LogP contribution in [0.4, 0.5) is 0 Å². The number of fused-ring (bicyclic) bond motifs is 1. The summed E-state index contributed by atoms with van der Waals surface area (Å²) in [6.07, 6.45) is 7.29. The molecule has 2 heterocycles. The first-order valence-corrected chi connectivity index (χ1v) is 9.95. The van der Waals surface area contributed by atoms with Crippen LogP contribution in [0.1, 0.15) is 10.4 Å². The first-order valence-electron chi connectivity index (χ1n) is 7.94. The highest BCUT2D eigenvalue weighted by molar-refractivity contribution is 9.10. The van der Waals surface area contributed by atoms with Gasteiger partial charge in [-0.3, -0.25) is 14.2 Å². The van der Waals surface area contributed by atoms with Crippen LogP contribution in [0.15, 0.2) is 46.2 Å². The Bertz CT molecular complexity index is 1000. The van der Waals surface area contributed by atoms with Crippen LogP contribution in [0, 0.1) is 0 Å². The van der Waals surface area contributed by atoms with Crippen LogP contribution in [0.25, 0.3) is 16.9 Å². The molecular formula is C18H17BrN4O3S. The van der Waals surface area contributed by atoms with E-state index >= 15 is 0 Å². The standard InChI is InChI=1S/C18H17BrN4O3S/c1-22(10-16(24)26-2)17(25)11-4-5-13-14(6-11)23(9-15(13)27-3)18-20-7-12(19)8-21-18/h4-9H,10H2,1-3H3. The summed E-state index contributed by atoms with van der Waals surface area (Å²) in [5.74, 6) is -0.225. The molecule has 0 saturated heterocycles. The smallest absolute Gasteiger partial charge is 0.325 e. The Kier molecular flexibility index (Phi) is 5.81. The van der Waals surface area contributed by atoms with Crippen LogP contribution < -0.4 is 0 Å². The Morgan fingerprint density at radius 1 is 1.30 bits per heavy atom. The van der Waals surface area contributed by atoms with E-state index in [1.807, 2.05) is 23.1 Å². The van der Waals surface area contributed by atoms with Crippen molar-refractivity contribution in [2.24, 2.45) is 0 Å². The summed E-state index contributed by atoms with van der Waals surface area (Å²) in [5, 5.41) is 1.00. The van der Waals surface area contributed by atoms with Crippen LogP contribution in [0.5, 0.6) is 0 Å². The van der Waals surface area contributed by atoms with E-state index in [4.69, 9.17) is 0 Å². The van der Waals surface area contributed by atoms with Crippen LogP contribution >= 0.6 is 27.7 Å². The summed E-state index contributed by atoms with van der Waals surface area (Å²) in [4.78, 5) is 35.2. The molecule has 0 aliphatic heterocycles. The first-order chi connectivity index (χ1) is 12.9. The molecule has 1 amide bonds. The van der Waals surface area contributed by atoms with E-state index in [0.29, 0.717) is 11.5 Å². The maximum atomic E-state index is 12.7. The number of benzene rings is 1. The van der Waals surface area contributed by atoms with E-state index in [9.17, 15) is 9.59 Å². The van der Waals surface area contributed by atoms with E-state index in [1.165, 1.54) is 12.0 Å². The number of likely N-dealkylation sites (N-methyl/N-ethyl adjacent to an activating group) is 1. The molecule has 1 aromatic carbocycles. The highest BCUT2D eigenvalue weighted by Crippen LogP contribution is 2.31. The third-order valence-electron chi connectivity index (χ3n) is 4.00. The van der Waals surface area contributed by atoms with Gasteiger partial charge in [-0.15, -0.1) is 11.8 Å². The Balaban J connectivity index is 2.05. The second-order valence-corrected chi connectivity index (χ2v) is 7.50. The summed E-state index contributed by atoms with van der Waals surface area (Å²) in [6, 6.07) is 5.44. The fraction of sp³-hybridized carbons (Fsp3) is 0.222. The number of methoxy groups -OCH3 is 1. The maximum absolute atomic E-state index is 12.7. The molecule has 0 atom stereocenters. The van der Waals surface area contributed by atoms with Crippen LogP contribution in [-0.2, 0) is 9.53 Å². The molecule has 9 heteroatoms. The number of hydrogen-bond donors (Lipinski definition) is 0. The average molecular weight is 449 g/mol. The van der Waals surface area contributed by atoms with Crippen molar-refractivity contribution in [3.05, 3.63) is 46.8 Å². The number of rotatable bonds is 5. The van der Waals surface area contributed by atoms with Gasteiger partial charge in [0, 0.05) is 41.5 Å². The van der Waals surface area contributed by atoms with E-state index < -0.39 is 5.97 Å². The lowest BCUT2D eigenvalue weighted by atomic mass is 10.1. The van der Waals surface area contributed by atoms with Gasteiger partial charge >= 0.3 is 5.97 Å². The summed E-state index contributed by atoms with van der Waals surface area (Å²) in [6.45, 7) is -0.111. The summed E-state index contributed by atoms with van der Waals surface area (Å²) >= 11 is 4.94. The quantitative estimate of drug-likeness (QED) is 0.440. The molecular weight excluding hydrogens is 432 g/mol. The normalized spacial score (nSPS) is 10.8. The Morgan fingerprint density at radius 3 is 2.63 bits per heavy atom. The predicted molar refractivity (Wildman–Crippen MR) is 107 cm³/mol. The number of esters is 1. The van der Waals surface area contributed by atoms with Gasteiger partial charge in [0.2, 0.25) is 5.95 Å². The van der Waals surface area contributed by atoms with Crippen LogP contribution in [0.3, 0.4) is 0 Å². The summed E-state index contributed by atoms with van der Waals surface area (Å²) in [7, 11) is 2.86. The predicted octanol–water partition coefficient (Wildman–Crippen LogP) is 3.15. The van der Waals surface area contributed by atoms with Crippen molar-refractivity contribution in [3.8, 4) is 5.95 Å². The molecule has 140 valence electrons. The summed E-state index contributed by atoms with van der Waals surface area (Å²) in [5.41, 5.74) is 1.29. The van der Waals surface area contributed by atoms with Crippen molar-refractivity contribution >= 4 is 50.5 Å². The molecule has 2 aromatic heterocycles. The highest BCUT2D eigenvalue weighted by Gasteiger charge is 2.18. The number of carbonyl (C=O) groups excluding carboxylic acids is 2. The number of aromatic nitrogens is 3. The van der Waals surface area contributed by atoms with Crippen molar-refractivity contribution in [1.29, 1.82) is 0 Å². The highest BCUT2D eigenvalue weighted by atomic mass is 79.9. The molecule has 3 rings (SSSR count). The minimum absolute atomic E-state index is 0.111. The van der Waals surface area contributed by atoms with Gasteiger partial charge in [-0.2, -0.15) is 0 Å². The lowest BCUT2D eigenvalue weighted by Gasteiger charge is -2.16. The fourth-order valence-corrected chi connectivity index (χ4v) is 3.45. The molecule has 0 unspecified atom stereocenters. The average Bonchev–Trinajstić information content (AvgIpc) is 3.05. The van der Waals surface area contributed by atoms with Crippen LogP contribution in [0.2, 0.25) is 0 Å². The first kappa shape index (κ1) is 19.4. The Hall–Kier alpha value is -2.39. The number of ether oxygens (including phenoxy) is 1. The second-order valence-electron chi connectivity index (χ2n) is 5.74. The van der Waals surface area contributed by atoms with Crippen molar-refractivity contribution < 1.29 is 14.3 Å². The number of hydrogen-bond acceptors (Lipinski definition) is 6. The molecule has 3 aromatic rings. The van der Waals surface area contributed by atoms with E-state index in [0.717, 1.165) is 20.3 Å². The molecule has 0 radical (unpaired) electrons. The number of halogens is 1.